The topological polar surface area (TPSA) is 106 Å². The molecule has 2 aromatic carbocycles. The highest BCUT2D eigenvalue weighted by molar-refractivity contribution is 5.87. The van der Waals surface area contributed by atoms with E-state index in [0.29, 0.717) is 11.1 Å². The third-order valence-electron chi connectivity index (χ3n) is 3.92. The Morgan fingerprint density at radius 3 is 2.54 bits per heavy atom. The molecule has 3 rings (SSSR count). The lowest BCUT2D eigenvalue weighted by molar-refractivity contribution is -0.139. The van der Waals surface area contributed by atoms with Gasteiger partial charge in [0.25, 0.3) is 0 Å². The molecule has 0 radical (unpaired) electrons. The highest BCUT2D eigenvalue weighted by Gasteiger charge is 2.16. The van der Waals surface area contributed by atoms with E-state index in [1.54, 1.807) is 12.1 Å². The van der Waals surface area contributed by atoms with Crippen LogP contribution in [0.15, 0.2) is 45.6 Å². The maximum absolute atomic E-state index is 12.6. The molecule has 1 aromatic heterocycles. The Morgan fingerprint density at radius 2 is 1.88 bits per heavy atom. The van der Waals surface area contributed by atoms with Crippen molar-refractivity contribution in [3.05, 3.63) is 52.2 Å². The molecule has 0 unspecified atom stereocenters. The van der Waals surface area contributed by atoms with E-state index in [-0.39, 0.29) is 45.8 Å². The maximum Gasteiger partial charge on any atom is 0.310 e. The van der Waals surface area contributed by atoms with Gasteiger partial charge >= 0.3 is 5.97 Å². The number of aromatic hydroxyl groups is 2. The number of benzene rings is 2. The minimum absolute atomic E-state index is 0.102. The van der Waals surface area contributed by atoms with Gasteiger partial charge in [-0.3, -0.25) is 9.59 Å². The number of methoxy groups -OCH3 is 2. The number of rotatable bonds is 4. The lowest BCUT2D eigenvalue weighted by Gasteiger charge is -2.09. The molecule has 7 heteroatoms. The molecule has 0 fully saturated rings. The van der Waals surface area contributed by atoms with Crippen LogP contribution in [0.2, 0.25) is 0 Å². The van der Waals surface area contributed by atoms with Crippen molar-refractivity contribution in [1.82, 2.24) is 0 Å². The summed E-state index contributed by atoms with van der Waals surface area (Å²) in [7, 11) is 2.67. The molecule has 0 aliphatic rings. The molecule has 3 aromatic rings. The normalized spacial score (nSPS) is 10.7. The zero-order valence-electron chi connectivity index (χ0n) is 14.1. The van der Waals surface area contributed by atoms with Crippen LogP contribution < -0.4 is 10.2 Å². The first kappa shape index (κ1) is 17.3. The van der Waals surface area contributed by atoms with Gasteiger partial charge in [-0.2, -0.15) is 0 Å². The summed E-state index contributed by atoms with van der Waals surface area (Å²) in [5.74, 6) is -0.297. The molecule has 0 aliphatic carbocycles. The molecular formula is C19H16O7. The largest absolute Gasteiger partial charge is 0.508 e. The van der Waals surface area contributed by atoms with Gasteiger partial charge in [0.1, 0.15) is 17.1 Å². The average Bonchev–Trinajstić information content (AvgIpc) is 2.60. The van der Waals surface area contributed by atoms with E-state index in [2.05, 4.69) is 4.74 Å². The number of hydrogen-bond acceptors (Lipinski definition) is 7. The quantitative estimate of drug-likeness (QED) is 0.692. The standard InChI is InChI=1S/C19H16O7/c1-24-15-4-3-10(6-13(15)21)16-9-14(22)19-11(7-18(23)25-2)5-12(20)8-17(19)26-16/h3-6,8-9,20-21H,7H2,1-2H3. The van der Waals surface area contributed by atoms with E-state index >= 15 is 0 Å². The van der Waals surface area contributed by atoms with Crippen molar-refractivity contribution in [2.75, 3.05) is 14.2 Å². The van der Waals surface area contributed by atoms with E-state index in [4.69, 9.17) is 9.15 Å². The summed E-state index contributed by atoms with van der Waals surface area (Å²) in [4.78, 5) is 24.2. The fraction of sp³-hybridized carbons (Fsp3) is 0.158. The molecule has 0 aliphatic heterocycles. The monoisotopic (exact) mass is 356 g/mol. The summed E-state index contributed by atoms with van der Waals surface area (Å²) < 4.78 is 15.3. The number of hydrogen-bond donors (Lipinski definition) is 2. The zero-order chi connectivity index (χ0) is 18.8. The summed E-state index contributed by atoms with van der Waals surface area (Å²) in [6, 6.07) is 8.46. The number of carbonyl (C=O) groups is 1. The first-order valence-electron chi connectivity index (χ1n) is 7.67. The third kappa shape index (κ3) is 3.19. The molecular weight excluding hydrogens is 340 g/mol. The molecule has 26 heavy (non-hydrogen) atoms. The van der Waals surface area contributed by atoms with Crippen LogP contribution >= 0.6 is 0 Å². The summed E-state index contributed by atoms with van der Waals surface area (Å²) in [5.41, 5.74) is 0.516. The van der Waals surface area contributed by atoms with E-state index < -0.39 is 5.97 Å². The van der Waals surface area contributed by atoms with E-state index in [0.717, 1.165) is 0 Å². The molecule has 1 heterocycles. The minimum atomic E-state index is -0.541. The van der Waals surface area contributed by atoms with Gasteiger partial charge in [0, 0.05) is 17.7 Å². The first-order valence-corrected chi connectivity index (χ1v) is 7.67. The molecule has 0 bridgehead atoms. The van der Waals surface area contributed by atoms with Crippen molar-refractivity contribution >= 4 is 16.9 Å². The molecule has 0 atom stereocenters. The van der Waals surface area contributed by atoms with Gasteiger partial charge in [-0.1, -0.05) is 0 Å². The van der Waals surface area contributed by atoms with Crippen LogP contribution in [0.4, 0.5) is 0 Å². The Hall–Kier alpha value is -3.48. The molecule has 2 N–H and O–H groups in total. The number of phenols is 2. The van der Waals surface area contributed by atoms with Crippen LogP contribution in [0.25, 0.3) is 22.3 Å². The lowest BCUT2D eigenvalue weighted by Crippen LogP contribution is -2.09. The van der Waals surface area contributed by atoms with Gasteiger partial charge in [-0.05, 0) is 29.8 Å². The van der Waals surface area contributed by atoms with Crippen LogP contribution in [-0.4, -0.2) is 30.4 Å². The van der Waals surface area contributed by atoms with Crippen molar-refractivity contribution in [3.8, 4) is 28.6 Å². The molecule has 0 spiro atoms. The van der Waals surface area contributed by atoms with Gasteiger partial charge in [-0.25, -0.2) is 0 Å². The second-order valence-corrected chi connectivity index (χ2v) is 5.59. The zero-order valence-corrected chi connectivity index (χ0v) is 14.1. The highest BCUT2D eigenvalue weighted by atomic mass is 16.5. The first-order chi connectivity index (χ1) is 12.4. The highest BCUT2D eigenvalue weighted by Crippen LogP contribution is 2.33. The molecule has 7 nitrogen and oxygen atoms in total. The Kier molecular flexibility index (Phi) is 4.53. The third-order valence-corrected chi connectivity index (χ3v) is 3.92. The minimum Gasteiger partial charge on any atom is -0.508 e. The predicted octanol–water partition coefficient (Wildman–Crippen LogP) is 2.60. The van der Waals surface area contributed by atoms with Gasteiger partial charge < -0.3 is 24.1 Å². The Bertz CT molecular complexity index is 1050. The van der Waals surface area contributed by atoms with Crippen molar-refractivity contribution in [2.45, 2.75) is 6.42 Å². The summed E-state index contributed by atoms with van der Waals surface area (Å²) in [6.07, 6.45) is -0.172. The SMILES string of the molecule is COC(=O)Cc1cc(O)cc2oc(-c3ccc(OC)c(O)c3)cc(=O)c12. The number of carbonyl (C=O) groups excluding carboxylic acids is 1. The van der Waals surface area contributed by atoms with Crippen LogP contribution in [0.3, 0.4) is 0 Å². The van der Waals surface area contributed by atoms with Gasteiger partial charge in [0.05, 0.1) is 26.0 Å². The Morgan fingerprint density at radius 1 is 1.12 bits per heavy atom. The fourth-order valence-electron chi connectivity index (χ4n) is 2.71. The number of esters is 1. The van der Waals surface area contributed by atoms with Crippen LogP contribution in [-0.2, 0) is 16.0 Å². The Labute approximate surface area is 148 Å². The van der Waals surface area contributed by atoms with E-state index in [1.165, 1.54) is 38.5 Å². The predicted molar refractivity (Wildman–Crippen MR) is 93.5 cm³/mol. The van der Waals surface area contributed by atoms with Gasteiger partial charge in [0.15, 0.2) is 16.9 Å². The second-order valence-electron chi connectivity index (χ2n) is 5.59. The second kappa shape index (κ2) is 6.79. The van der Waals surface area contributed by atoms with Crippen LogP contribution in [0.5, 0.6) is 17.2 Å². The van der Waals surface area contributed by atoms with Crippen molar-refractivity contribution in [1.29, 1.82) is 0 Å². The van der Waals surface area contributed by atoms with Crippen molar-refractivity contribution in [2.24, 2.45) is 0 Å². The Balaban J connectivity index is 2.18. The molecule has 0 amide bonds. The number of ether oxygens (including phenoxy) is 2. The van der Waals surface area contributed by atoms with Gasteiger partial charge in [0.2, 0.25) is 0 Å². The van der Waals surface area contributed by atoms with Gasteiger partial charge in [-0.15, -0.1) is 0 Å². The summed E-state index contributed by atoms with van der Waals surface area (Å²) in [6.45, 7) is 0. The summed E-state index contributed by atoms with van der Waals surface area (Å²) >= 11 is 0. The lowest BCUT2D eigenvalue weighted by atomic mass is 10.0. The van der Waals surface area contributed by atoms with E-state index in [9.17, 15) is 19.8 Å². The number of phenolic OH excluding ortho intramolecular Hbond substituents is 2. The maximum atomic E-state index is 12.6. The van der Waals surface area contributed by atoms with Crippen molar-refractivity contribution in [3.63, 3.8) is 0 Å². The molecule has 0 saturated heterocycles. The molecule has 0 saturated carbocycles. The smallest absolute Gasteiger partial charge is 0.310 e. The molecule has 134 valence electrons. The van der Waals surface area contributed by atoms with Crippen molar-refractivity contribution < 1.29 is 28.9 Å². The fourth-order valence-corrected chi connectivity index (χ4v) is 2.71. The summed E-state index contributed by atoms with van der Waals surface area (Å²) in [5, 5.41) is 20.0. The van der Waals surface area contributed by atoms with E-state index in [1.807, 2.05) is 0 Å². The average molecular weight is 356 g/mol. The van der Waals surface area contributed by atoms with Crippen LogP contribution in [0, 0.1) is 0 Å². The van der Waals surface area contributed by atoms with Crippen LogP contribution in [0.1, 0.15) is 5.56 Å². The number of fused-ring (bicyclic) bond motifs is 1.